The van der Waals surface area contributed by atoms with Crippen molar-refractivity contribution in [1.29, 1.82) is 0 Å². The number of fused-ring (bicyclic) bond motifs is 1. The molecule has 0 atom stereocenters. The van der Waals surface area contributed by atoms with Crippen molar-refractivity contribution in [3.8, 4) is 0 Å². The fourth-order valence-electron chi connectivity index (χ4n) is 2.53. The molecular weight excluding hydrogens is 269 g/mol. The second kappa shape index (κ2) is 6.10. The third kappa shape index (κ3) is 3.31. The first kappa shape index (κ1) is 13.8. The minimum atomic E-state index is -0.267. The maximum Gasteiger partial charge on any atom is 0.249 e. The lowest BCUT2D eigenvalue weighted by Crippen LogP contribution is -2.45. The summed E-state index contributed by atoms with van der Waals surface area (Å²) in [6, 6.07) is 6.16. The summed E-state index contributed by atoms with van der Waals surface area (Å²) in [6.07, 6.45) is 3.89. The Hall–Kier alpha value is -2.14. The van der Waals surface area contributed by atoms with Gasteiger partial charge in [0, 0.05) is 44.0 Å². The first-order valence-corrected chi connectivity index (χ1v) is 7.10. The Bertz CT molecular complexity index is 592. The summed E-state index contributed by atoms with van der Waals surface area (Å²) in [7, 11) is 0. The van der Waals surface area contributed by atoms with Crippen LogP contribution in [0.5, 0.6) is 0 Å². The number of allylic oxidation sites excluding steroid dienone is 2. The predicted octanol–water partition coefficient (Wildman–Crippen LogP) is 1.17. The topological polar surface area (TPSA) is 44.4 Å². The van der Waals surface area contributed by atoms with E-state index in [0.717, 1.165) is 30.8 Å². The minimum Gasteiger partial charge on any atom is -0.368 e. The molecule has 0 radical (unpaired) electrons. The molecule has 1 saturated heterocycles. The van der Waals surface area contributed by atoms with E-state index in [1.807, 2.05) is 12.2 Å². The standard InChI is InChI=1S/C16H18FN3O/c17-14-4-1-12(2-5-14)9-19-16(21)13-3-6-15-10-18-7-8-20(15)11-13/h1-6,18H,7-11H2,(H,19,21). The lowest BCUT2D eigenvalue weighted by atomic mass is 10.1. The van der Waals surface area contributed by atoms with Gasteiger partial charge in [0.15, 0.2) is 0 Å². The zero-order valence-electron chi connectivity index (χ0n) is 11.7. The van der Waals surface area contributed by atoms with Crippen molar-refractivity contribution in [1.82, 2.24) is 15.5 Å². The number of carbonyl (C=O) groups excluding carboxylic acids is 1. The average molecular weight is 287 g/mol. The molecule has 0 aliphatic carbocycles. The SMILES string of the molecule is O=C(NCc1ccc(F)cc1)C1=CC=C2CNCCN2C1. The smallest absolute Gasteiger partial charge is 0.249 e. The van der Waals surface area contributed by atoms with Crippen molar-refractivity contribution in [3.63, 3.8) is 0 Å². The Morgan fingerprint density at radius 3 is 2.90 bits per heavy atom. The molecule has 2 aliphatic rings. The van der Waals surface area contributed by atoms with E-state index in [2.05, 4.69) is 15.5 Å². The molecular formula is C16H18FN3O. The van der Waals surface area contributed by atoms with Gasteiger partial charge in [-0.05, 0) is 29.8 Å². The van der Waals surface area contributed by atoms with Crippen LogP contribution >= 0.6 is 0 Å². The summed E-state index contributed by atoms with van der Waals surface area (Å²) >= 11 is 0. The number of nitrogens with one attached hydrogen (secondary N) is 2. The van der Waals surface area contributed by atoms with Crippen molar-refractivity contribution in [2.75, 3.05) is 26.2 Å². The molecule has 21 heavy (non-hydrogen) atoms. The zero-order chi connectivity index (χ0) is 14.7. The second-order valence-corrected chi connectivity index (χ2v) is 5.26. The summed E-state index contributed by atoms with van der Waals surface area (Å²) in [5, 5.41) is 6.19. The molecule has 2 heterocycles. The van der Waals surface area contributed by atoms with Gasteiger partial charge < -0.3 is 15.5 Å². The number of hydrogen-bond donors (Lipinski definition) is 2. The van der Waals surface area contributed by atoms with Gasteiger partial charge in [-0.25, -0.2) is 4.39 Å². The molecule has 1 aromatic rings. The molecule has 1 aromatic carbocycles. The lowest BCUT2D eigenvalue weighted by molar-refractivity contribution is -0.117. The van der Waals surface area contributed by atoms with Crippen LogP contribution in [-0.2, 0) is 11.3 Å². The van der Waals surface area contributed by atoms with Crippen LogP contribution < -0.4 is 10.6 Å². The first-order valence-electron chi connectivity index (χ1n) is 7.10. The van der Waals surface area contributed by atoms with Gasteiger partial charge in [0.25, 0.3) is 0 Å². The summed E-state index contributed by atoms with van der Waals surface area (Å²) in [6.45, 7) is 3.80. The monoisotopic (exact) mass is 287 g/mol. The van der Waals surface area contributed by atoms with Crippen LogP contribution in [0.15, 0.2) is 47.7 Å². The van der Waals surface area contributed by atoms with E-state index in [1.54, 1.807) is 12.1 Å². The molecule has 0 unspecified atom stereocenters. The number of halogens is 1. The van der Waals surface area contributed by atoms with Gasteiger partial charge in [-0.3, -0.25) is 4.79 Å². The van der Waals surface area contributed by atoms with Gasteiger partial charge in [0.2, 0.25) is 5.91 Å². The van der Waals surface area contributed by atoms with Gasteiger partial charge >= 0.3 is 0 Å². The van der Waals surface area contributed by atoms with Crippen LogP contribution in [0.3, 0.4) is 0 Å². The highest BCUT2D eigenvalue weighted by molar-refractivity contribution is 5.94. The summed E-state index contributed by atoms with van der Waals surface area (Å²) in [5.74, 6) is -0.329. The largest absolute Gasteiger partial charge is 0.368 e. The fourth-order valence-corrected chi connectivity index (χ4v) is 2.53. The number of carbonyl (C=O) groups is 1. The number of amides is 1. The van der Waals surface area contributed by atoms with Gasteiger partial charge in [-0.2, -0.15) is 0 Å². The number of nitrogens with zero attached hydrogens (tertiary/aromatic N) is 1. The molecule has 4 nitrogen and oxygen atoms in total. The Balaban J connectivity index is 1.59. The van der Waals surface area contributed by atoms with Gasteiger partial charge in [-0.1, -0.05) is 12.1 Å². The predicted molar refractivity (Wildman–Crippen MR) is 78.9 cm³/mol. The Kier molecular flexibility index (Phi) is 4.01. The maximum absolute atomic E-state index is 12.8. The van der Waals surface area contributed by atoms with Crippen molar-refractivity contribution in [2.24, 2.45) is 0 Å². The quantitative estimate of drug-likeness (QED) is 0.877. The number of rotatable bonds is 3. The molecule has 1 fully saturated rings. The van der Waals surface area contributed by atoms with E-state index in [9.17, 15) is 9.18 Å². The maximum atomic E-state index is 12.8. The molecule has 2 aliphatic heterocycles. The van der Waals surface area contributed by atoms with Gasteiger partial charge in [0.1, 0.15) is 5.82 Å². The Morgan fingerprint density at radius 1 is 1.29 bits per heavy atom. The molecule has 0 spiro atoms. The zero-order valence-corrected chi connectivity index (χ0v) is 11.7. The average Bonchev–Trinajstić information content (AvgIpc) is 2.53. The van der Waals surface area contributed by atoms with Crippen molar-refractivity contribution < 1.29 is 9.18 Å². The molecule has 5 heteroatoms. The van der Waals surface area contributed by atoms with Crippen molar-refractivity contribution in [2.45, 2.75) is 6.54 Å². The normalized spacial score (nSPS) is 17.7. The summed E-state index contributed by atoms with van der Waals surface area (Å²) in [4.78, 5) is 14.4. The molecule has 110 valence electrons. The minimum absolute atomic E-state index is 0.0619. The van der Waals surface area contributed by atoms with Crippen LogP contribution in [0.2, 0.25) is 0 Å². The molecule has 0 bridgehead atoms. The van der Waals surface area contributed by atoms with E-state index in [-0.39, 0.29) is 11.7 Å². The van der Waals surface area contributed by atoms with E-state index < -0.39 is 0 Å². The van der Waals surface area contributed by atoms with E-state index in [4.69, 9.17) is 0 Å². The van der Waals surface area contributed by atoms with E-state index >= 15 is 0 Å². The van der Waals surface area contributed by atoms with Crippen LogP contribution in [0.25, 0.3) is 0 Å². The van der Waals surface area contributed by atoms with E-state index in [0.29, 0.717) is 13.1 Å². The van der Waals surface area contributed by atoms with Crippen molar-refractivity contribution in [3.05, 3.63) is 59.1 Å². The van der Waals surface area contributed by atoms with Crippen LogP contribution in [0.1, 0.15) is 5.56 Å². The van der Waals surface area contributed by atoms with Crippen LogP contribution in [0.4, 0.5) is 4.39 Å². The van der Waals surface area contributed by atoms with E-state index in [1.165, 1.54) is 17.8 Å². The Morgan fingerprint density at radius 2 is 2.10 bits per heavy atom. The number of hydrogen-bond acceptors (Lipinski definition) is 3. The highest BCUT2D eigenvalue weighted by atomic mass is 19.1. The highest BCUT2D eigenvalue weighted by Gasteiger charge is 2.21. The van der Waals surface area contributed by atoms with Gasteiger partial charge in [0.05, 0.1) is 0 Å². The summed E-state index contributed by atoms with van der Waals surface area (Å²) in [5.41, 5.74) is 2.89. The molecule has 1 amide bonds. The fraction of sp³-hybridized carbons (Fsp3) is 0.312. The number of piperazine rings is 1. The third-order valence-electron chi connectivity index (χ3n) is 3.77. The number of benzene rings is 1. The molecule has 3 rings (SSSR count). The van der Waals surface area contributed by atoms with Gasteiger partial charge in [-0.15, -0.1) is 0 Å². The second-order valence-electron chi connectivity index (χ2n) is 5.26. The highest BCUT2D eigenvalue weighted by Crippen LogP contribution is 2.16. The lowest BCUT2D eigenvalue weighted by Gasteiger charge is -2.34. The summed E-state index contributed by atoms with van der Waals surface area (Å²) < 4.78 is 12.8. The molecule has 0 saturated carbocycles. The third-order valence-corrected chi connectivity index (χ3v) is 3.77. The van der Waals surface area contributed by atoms with Crippen LogP contribution in [-0.4, -0.2) is 37.0 Å². The van der Waals surface area contributed by atoms with Crippen LogP contribution in [0, 0.1) is 5.82 Å². The molecule has 0 aromatic heterocycles. The Labute approximate surface area is 123 Å². The van der Waals surface area contributed by atoms with Crippen molar-refractivity contribution >= 4 is 5.91 Å². The molecule has 2 N–H and O–H groups in total. The first-order chi connectivity index (χ1) is 10.2.